The number of hydrogen-bond donors (Lipinski definition) is 2. The lowest BCUT2D eigenvalue weighted by Crippen LogP contribution is -2.45. The number of hydrogen-bond acceptors (Lipinski definition) is 7. The molecule has 4 rings (SSSR count). The molecule has 1 atom stereocenters. The number of likely N-dealkylation sites (N-methyl/N-ethyl adjacent to an activating group) is 1. The summed E-state index contributed by atoms with van der Waals surface area (Å²) in [6.07, 6.45) is 1.36. The van der Waals surface area contributed by atoms with Gasteiger partial charge in [-0.1, -0.05) is 6.92 Å². The average Bonchev–Trinajstić information content (AvgIpc) is 3.23. The zero-order valence-electron chi connectivity index (χ0n) is 20.7. The molecule has 11 heteroatoms. The Balaban J connectivity index is 0.000000623. The lowest BCUT2D eigenvalue weighted by Gasteiger charge is -2.29. The summed E-state index contributed by atoms with van der Waals surface area (Å²) < 4.78 is 23.2. The number of likely N-dealkylation sites (tertiary alicyclic amines) is 1. The van der Waals surface area contributed by atoms with E-state index in [1.54, 1.807) is 16.5 Å². The number of rotatable bonds is 5. The summed E-state index contributed by atoms with van der Waals surface area (Å²) in [5.74, 6) is 0.708. The number of nitrogens with one attached hydrogen (secondary N) is 1. The number of fused-ring (bicyclic) bond motifs is 1. The van der Waals surface area contributed by atoms with Crippen LogP contribution in [0.2, 0.25) is 0 Å². The summed E-state index contributed by atoms with van der Waals surface area (Å²) in [4.78, 5) is 27.7. The van der Waals surface area contributed by atoms with E-state index >= 15 is 0 Å². The predicted octanol–water partition coefficient (Wildman–Crippen LogP) is 4.49. The molecule has 9 nitrogen and oxygen atoms in total. The molecule has 1 aliphatic rings. The molecule has 1 amide bonds. The van der Waals surface area contributed by atoms with Gasteiger partial charge in [0.15, 0.2) is 5.82 Å². The van der Waals surface area contributed by atoms with Crippen molar-refractivity contribution in [3.05, 3.63) is 30.1 Å². The Kier molecular flexibility index (Phi) is 8.31. The van der Waals surface area contributed by atoms with Crippen LogP contribution in [0.5, 0.6) is 0 Å². The van der Waals surface area contributed by atoms with Crippen molar-refractivity contribution in [3.8, 4) is 11.3 Å². The standard InChI is InChI=1S/C21H26N8O.C3H6F2/c1-12(2)23-15-7-8-16(24-13(15)3)14-9-11-29-18(14)19(22)26-21(27-29)25-17-6-5-10-28(4)20(17)30;1-2-3(4)5/h7-9,11,17H,5-6,10H2,1-4H3,(H3,22,25,26,27);3H,2H2,1H3. The van der Waals surface area contributed by atoms with E-state index in [1.165, 1.54) is 6.92 Å². The van der Waals surface area contributed by atoms with Gasteiger partial charge in [-0.3, -0.25) is 14.8 Å². The van der Waals surface area contributed by atoms with Gasteiger partial charge < -0.3 is 16.0 Å². The second-order valence-electron chi connectivity index (χ2n) is 8.60. The van der Waals surface area contributed by atoms with Crippen molar-refractivity contribution >= 4 is 34.6 Å². The van der Waals surface area contributed by atoms with E-state index in [9.17, 15) is 13.6 Å². The molecule has 0 aliphatic carbocycles. The fourth-order valence-corrected chi connectivity index (χ4v) is 3.70. The predicted molar refractivity (Wildman–Crippen MR) is 134 cm³/mol. The summed E-state index contributed by atoms with van der Waals surface area (Å²) in [6, 6.07) is 5.45. The highest BCUT2D eigenvalue weighted by molar-refractivity contribution is 5.88. The highest BCUT2D eigenvalue weighted by Crippen LogP contribution is 2.30. The highest BCUT2D eigenvalue weighted by atomic mass is 19.3. The molecule has 35 heavy (non-hydrogen) atoms. The van der Waals surface area contributed by atoms with Gasteiger partial charge in [0.1, 0.15) is 11.6 Å². The van der Waals surface area contributed by atoms with Crippen molar-refractivity contribution in [3.63, 3.8) is 0 Å². The van der Waals surface area contributed by atoms with E-state index in [0.717, 1.165) is 47.7 Å². The van der Waals surface area contributed by atoms with Crippen molar-refractivity contribution in [2.45, 2.75) is 59.4 Å². The maximum Gasteiger partial charge on any atom is 0.244 e. The number of nitrogen functional groups attached to an aromatic ring is 1. The van der Waals surface area contributed by atoms with Crippen LogP contribution in [0, 0.1) is 6.92 Å². The number of anilines is 2. The molecule has 1 unspecified atom stereocenters. The van der Waals surface area contributed by atoms with Gasteiger partial charge in [0, 0.05) is 37.5 Å². The number of nitrogens with zero attached hydrogens (tertiary/aromatic N) is 6. The molecule has 1 fully saturated rings. The molecule has 188 valence electrons. The first kappa shape index (κ1) is 26.0. The Morgan fingerprint density at radius 3 is 2.63 bits per heavy atom. The third-order valence-electron chi connectivity index (χ3n) is 5.49. The van der Waals surface area contributed by atoms with Gasteiger partial charge in [-0.05, 0) is 51.8 Å². The third kappa shape index (κ3) is 6.28. The molecule has 0 radical (unpaired) electrons. The van der Waals surface area contributed by atoms with E-state index in [4.69, 9.17) is 10.7 Å². The summed E-state index contributed by atoms with van der Waals surface area (Å²) >= 11 is 0. The molecule has 3 aromatic rings. The number of aliphatic imine (C=N–C) groups is 1. The van der Waals surface area contributed by atoms with Crippen LogP contribution in [0.15, 0.2) is 29.4 Å². The van der Waals surface area contributed by atoms with Crippen LogP contribution in [0.3, 0.4) is 0 Å². The molecule has 1 aliphatic heterocycles. The monoisotopic (exact) mass is 486 g/mol. The molecule has 3 aromatic heterocycles. The molecular formula is C24H32F2N8O. The van der Waals surface area contributed by atoms with Gasteiger partial charge in [0.2, 0.25) is 18.3 Å². The van der Waals surface area contributed by atoms with E-state index < -0.39 is 6.43 Å². The van der Waals surface area contributed by atoms with Gasteiger partial charge in [0.25, 0.3) is 0 Å². The largest absolute Gasteiger partial charge is 0.382 e. The number of pyridine rings is 1. The van der Waals surface area contributed by atoms with E-state index in [-0.39, 0.29) is 18.4 Å². The molecular weight excluding hydrogens is 454 g/mol. The number of alkyl halides is 2. The quantitative estimate of drug-likeness (QED) is 0.514. The maximum atomic E-state index is 12.3. The molecule has 0 aromatic carbocycles. The van der Waals surface area contributed by atoms with Crippen molar-refractivity contribution in [2.24, 2.45) is 4.99 Å². The molecule has 1 saturated heterocycles. The number of halogens is 2. The van der Waals surface area contributed by atoms with Gasteiger partial charge >= 0.3 is 0 Å². The normalized spacial score (nSPS) is 15.7. The second-order valence-corrected chi connectivity index (χ2v) is 8.60. The first-order valence-electron chi connectivity index (χ1n) is 11.5. The number of carbonyl (C=O) groups excluding carboxylic acids is 1. The van der Waals surface area contributed by atoms with Crippen LogP contribution in [0.1, 0.15) is 45.7 Å². The number of amides is 1. The molecule has 3 N–H and O–H groups in total. The first-order valence-corrected chi connectivity index (χ1v) is 11.5. The SMILES string of the molecule is CC(C)=Nc1ccc(-c2ccn3nc(NC4CCCN(C)C4=O)nc(N)c23)nc1C.CCC(F)F. The number of aromatic nitrogens is 4. The molecule has 4 heterocycles. The van der Waals surface area contributed by atoms with E-state index in [2.05, 4.69) is 20.4 Å². The first-order chi connectivity index (χ1) is 16.6. The van der Waals surface area contributed by atoms with Crippen molar-refractivity contribution < 1.29 is 13.6 Å². The van der Waals surface area contributed by atoms with Crippen LogP contribution in [-0.4, -0.2) is 62.2 Å². The number of aryl methyl sites for hydroxylation is 1. The number of nitrogens with two attached hydrogens (primary N) is 1. The van der Waals surface area contributed by atoms with Crippen molar-refractivity contribution in [1.29, 1.82) is 0 Å². The van der Waals surface area contributed by atoms with Crippen molar-refractivity contribution in [2.75, 3.05) is 24.6 Å². The van der Waals surface area contributed by atoms with Crippen LogP contribution in [0.4, 0.5) is 26.2 Å². The van der Waals surface area contributed by atoms with Gasteiger partial charge in [-0.15, -0.1) is 5.10 Å². The Morgan fingerprint density at radius 1 is 1.29 bits per heavy atom. The zero-order valence-corrected chi connectivity index (χ0v) is 20.7. The third-order valence-corrected chi connectivity index (χ3v) is 5.49. The molecule has 0 saturated carbocycles. The van der Waals surface area contributed by atoms with E-state index in [1.807, 2.05) is 45.2 Å². The Hall–Kier alpha value is -3.63. The van der Waals surface area contributed by atoms with Crippen LogP contribution < -0.4 is 11.1 Å². The maximum absolute atomic E-state index is 12.3. The van der Waals surface area contributed by atoms with E-state index in [0.29, 0.717) is 17.3 Å². The summed E-state index contributed by atoms with van der Waals surface area (Å²) in [5.41, 5.74) is 11.3. The lowest BCUT2D eigenvalue weighted by molar-refractivity contribution is -0.132. The van der Waals surface area contributed by atoms with Crippen LogP contribution >= 0.6 is 0 Å². The average molecular weight is 487 g/mol. The smallest absolute Gasteiger partial charge is 0.244 e. The molecule has 0 spiro atoms. The Morgan fingerprint density at radius 2 is 2.00 bits per heavy atom. The molecule has 0 bridgehead atoms. The minimum absolute atomic E-state index is 0.0278. The minimum atomic E-state index is -2.12. The topological polar surface area (TPSA) is 114 Å². The highest BCUT2D eigenvalue weighted by Gasteiger charge is 2.27. The second kappa shape index (κ2) is 11.2. The minimum Gasteiger partial charge on any atom is -0.382 e. The zero-order chi connectivity index (χ0) is 25.7. The van der Waals surface area contributed by atoms with Crippen LogP contribution in [0.25, 0.3) is 16.8 Å². The number of piperidine rings is 1. The fourth-order valence-electron chi connectivity index (χ4n) is 3.70. The fraction of sp³-hybridized carbons (Fsp3) is 0.458. The van der Waals surface area contributed by atoms with Crippen LogP contribution in [-0.2, 0) is 4.79 Å². The van der Waals surface area contributed by atoms with Gasteiger partial charge in [-0.2, -0.15) is 4.98 Å². The number of carbonyl (C=O) groups is 1. The van der Waals surface area contributed by atoms with Gasteiger partial charge in [-0.25, -0.2) is 13.3 Å². The Labute approximate surface area is 203 Å². The summed E-state index contributed by atoms with van der Waals surface area (Å²) in [6.45, 7) is 8.07. The Bertz CT molecular complexity index is 1220. The van der Waals surface area contributed by atoms with Gasteiger partial charge in [0.05, 0.1) is 17.1 Å². The summed E-state index contributed by atoms with van der Waals surface area (Å²) in [7, 11) is 1.81. The lowest BCUT2D eigenvalue weighted by atomic mass is 10.1. The summed E-state index contributed by atoms with van der Waals surface area (Å²) in [5, 5.41) is 7.64. The van der Waals surface area contributed by atoms with Crippen molar-refractivity contribution in [1.82, 2.24) is 24.5 Å².